The van der Waals surface area contributed by atoms with Gasteiger partial charge in [-0.05, 0) is 37.3 Å². The zero-order valence-electron chi connectivity index (χ0n) is 13.2. The first-order chi connectivity index (χ1) is 11.3. The van der Waals surface area contributed by atoms with Crippen LogP contribution in [0.2, 0.25) is 0 Å². The maximum absolute atomic E-state index is 12.6. The number of carbonyl (C=O) groups excluding carboxylic acids is 1. The number of aromatic nitrogens is 1. The van der Waals surface area contributed by atoms with Crippen LogP contribution in [0.3, 0.4) is 0 Å². The topological polar surface area (TPSA) is 63.4 Å². The molecular formula is C18H22N2O3. The molecule has 5 heteroatoms. The van der Waals surface area contributed by atoms with Crippen molar-refractivity contribution >= 4 is 16.8 Å². The quantitative estimate of drug-likeness (QED) is 0.913. The number of para-hydroxylation sites is 1. The Morgan fingerprint density at radius 2 is 2.17 bits per heavy atom. The molecule has 1 fully saturated rings. The third kappa shape index (κ3) is 2.86. The van der Waals surface area contributed by atoms with E-state index in [1.165, 1.54) is 29.5 Å². The molecule has 1 atom stereocenters. The minimum Gasteiger partial charge on any atom is -0.376 e. The number of benzene rings is 1. The zero-order chi connectivity index (χ0) is 15.6. The van der Waals surface area contributed by atoms with Gasteiger partial charge in [-0.15, -0.1) is 0 Å². The number of nitrogens with one attached hydrogen (secondary N) is 2. The van der Waals surface area contributed by atoms with E-state index in [1.54, 1.807) is 0 Å². The van der Waals surface area contributed by atoms with Crippen LogP contribution >= 0.6 is 0 Å². The Labute approximate surface area is 135 Å². The first-order valence-electron chi connectivity index (χ1n) is 8.43. The third-order valence-corrected chi connectivity index (χ3v) is 4.75. The van der Waals surface area contributed by atoms with Crippen molar-refractivity contribution in [2.24, 2.45) is 0 Å². The van der Waals surface area contributed by atoms with Crippen LogP contribution < -0.4 is 5.32 Å². The van der Waals surface area contributed by atoms with Crippen molar-refractivity contribution in [3.8, 4) is 0 Å². The molecule has 0 spiro atoms. The predicted octanol–water partition coefficient (Wildman–Crippen LogP) is 2.19. The summed E-state index contributed by atoms with van der Waals surface area (Å²) in [5.74, 6) is -0.0524. The van der Waals surface area contributed by atoms with E-state index in [-0.39, 0.29) is 12.0 Å². The van der Waals surface area contributed by atoms with Crippen LogP contribution in [0.5, 0.6) is 0 Å². The second-order valence-electron chi connectivity index (χ2n) is 6.30. The lowest BCUT2D eigenvalue weighted by atomic mass is 9.95. The summed E-state index contributed by atoms with van der Waals surface area (Å²) in [4.78, 5) is 16.1. The molecule has 1 unspecified atom stereocenters. The molecule has 2 N–H and O–H groups in total. The Balaban J connectivity index is 1.55. The Kier molecular flexibility index (Phi) is 4.06. The lowest BCUT2D eigenvalue weighted by Crippen LogP contribution is -2.39. The number of amides is 1. The van der Waals surface area contributed by atoms with E-state index in [9.17, 15) is 4.79 Å². The van der Waals surface area contributed by atoms with Crippen molar-refractivity contribution in [3.05, 3.63) is 35.0 Å². The van der Waals surface area contributed by atoms with Crippen molar-refractivity contribution in [2.45, 2.75) is 31.8 Å². The lowest BCUT2D eigenvalue weighted by Gasteiger charge is -2.23. The van der Waals surface area contributed by atoms with Gasteiger partial charge >= 0.3 is 0 Å². The van der Waals surface area contributed by atoms with E-state index in [2.05, 4.69) is 16.4 Å². The number of ether oxygens (including phenoxy) is 2. The maximum Gasteiger partial charge on any atom is 0.253 e. The van der Waals surface area contributed by atoms with E-state index in [0.717, 1.165) is 18.4 Å². The smallest absolute Gasteiger partial charge is 0.253 e. The largest absolute Gasteiger partial charge is 0.376 e. The summed E-state index contributed by atoms with van der Waals surface area (Å²) in [6, 6.07) is 5.98. The molecule has 1 aliphatic heterocycles. The highest BCUT2D eigenvalue weighted by Gasteiger charge is 2.20. The van der Waals surface area contributed by atoms with E-state index < -0.39 is 0 Å². The van der Waals surface area contributed by atoms with Crippen LogP contribution in [0.15, 0.2) is 18.2 Å². The van der Waals surface area contributed by atoms with E-state index in [1.807, 2.05) is 12.1 Å². The van der Waals surface area contributed by atoms with Gasteiger partial charge in [0.2, 0.25) is 0 Å². The van der Waals surface area contributed by atoms with Gasteiger partial charge in [0.25, 0.3) is 5.91 Å². The minimum absolute atomic E-state index is 0.0521. The first kappa shape index (κ1) is 14.7. The molecule has 122 valence electrons. The SMILES string of the molecule is O=C(NCC1COCCO1)c1cccc2c3c([nH]c12)CCCC3. The minimum atomic E-state index is -0.0524. The van der Waals surface area contributed by atoms with Gasteiger partial charge in [-0.2, -0.15) is 0 Å². The van der Waals surface area contributed by atoms with Gasteiger partial charge in [-0.1, -0.05) is 12.1 Å². The summed E-state index contributed by atoms with van der Waals surface area (Å²) >= 11 is 0. The molecule has 1 saturated heterocycles. The highest BCUT2D eigenvalue weighted by atomic mass is 16.6. The van der Waals surface area contributed by atoms with Gasteiger partial charge in [0, 0.05) is 17.6 Å². The number of aryl methyl sites for hydroxylation is 2. The maximum atomic E-state index is 12.6. The summed E-state index contributed by atoms with van der Waals surface area (Å²) in [5, 5.41) is 4.18. The fraction of sp³-hybridized carbons (Fsp3) is 0.500. The van der Waals surface area contributed by atoms with Gasteiger partial charge < -0.3 is 19.8 Å². The van der Waals surface area contributed by atoms with Crippen LogP contribution in [0.1, 0.15) is 34.5 Å². The van der Waals surface area contributed by atoms with Crippen LogP contribution in [0, 0.1) is 0 Å². The third-order valence-electron chi connectivity index (χ3n) is 4.75. The molecule has 5 nitrogen and oxygen atoms in total. The molecule has 23 heavy (non-hydrogen) atoms. The normalized spacial score (nSPS) is 21.1. The lowest BCUT2D eigenvalue weighted by molar-refractivity contribution is -0.0855. The average molecular weight is 314 g/mol. The Bertz CT molecular complexity index is 716. The number of hydrogen-bond donors (Lipinski definition) is 2. The highest BCUT2D eigenvalue weighted by Crippen LogP contribution is 2.30. The fourth-order valence-electron chi connectivity index (χ4n) is 3.58. The Hall–Kier alpha value is -1.85. The van der Waals surface area contributed by atoms with Crippen molar-refractivity contribution in [1.82, 2.24) is 10.3 Å². The molecule has 2 aliphatic rings. The van der Waals surface area contributed by atoms with Gasteiger partial charge in [0.05, 0.1) is 37.0 Å². The number of carbonyl (C=O) groups is 1. The highest BCUT2D eigenvalue weighted by molar-refractivity contribution is 6.06. The fourth-order valence-corrected chi connectivity index (χ4v) is 3.58. The van der Waals surface area contributed by atoms with Crippen molar-refractivity contribution < 1.29 is 14.3 Å². The molecule has 4 rings (SSSR count). The van der Waals surface area contributed by atoms with Gasteiger partial charge in [0.1, 0.15) is 0 Å². The second kappa shape index (κ2) is 6.34. The van der Waals surface area contributed by atoms with Crippen molar-refractivity contribution in [1.29, 1.82) is 0 Å². The molecule has 0 saturated carbocycles. The number of rotatable bonds is 3. The zero-order valence-corrected chi connectivity index (χ0v) is 13.2. The number of aromatic amines is 1. The average Bonchev–Trinajstić information content (AvgIpc) is 2.99. The van der Waals surface area contributed by atoms with Crippen LogP contribution in [-0.2, 0) is 22.3 Å². The first-order valence-corrected chi connectivity index (χ1v) is 8.43. The monoisotopic (exact) mass is 314 g/mol. The summed E-state index contributed by atoms with van der Waals surface area (Å²) in [7, 11) is 0. The molecule has 1 aliphatic carbocycles. The van der Waals surface area contributed by atoms with Gasteiger partial charge in [-0.3, -0.25) is 4.79 Å². The van der Waals surface area contributed by atoms with Crippen LogP contribution in [-0.4, -0.2) is 43.4 Å². The van der Waals surface area contributed by atoms with Crippen molar-refractivity contribution in [3.63, 3.8) is 0 Å². The molecule has 1 amide bonds. The molecule has 1 aromatic carbocycles. The number of hydrogen-bond acceptors (Lipinski definition) is 3. The van der Waals surface area contributed by atoms with E-state index in [0.29, 0.717) is 31.9 Å². The van der Waals surface area contributed by atoms with Crippen molar-refractivity contribution in [2.75, 3.05) is 26.4 Å². The standard InChI is InChI=1S/C18H22N2O3/c21-18(19-10-12-11-22-8-9-23-12)15-6-3-5-14-13-4-1-2-7-16(13)20-17(14)15/h3,5-6,12,20H,1-2,4,7-11H2,(H,19,21). The predicted molar refractivity (Wildman–Crippen MR) is 87.8 cm³/mol. The van der Waals surface area contributed by atoms with E-state index >= 15 is 0 Å². The summed E-state index contributed by atoms with van der Waals surface area (Å²) < 4.78 is 10.9. The summed E-state index contributed by atoms with van der Waals surface area (Å²) in [6.07, 6.45) is 4.59. The molecule has 1 aromatic heterocycles. The van der Waals surface area contributed by atoms with Crippen LogP contribution in [0.4, 0.5) is 0 Å². The molecular weight excluding hydrogens is 292 g/mol. The number of fused-ring (bicyclic) bond motifs is 3. The van der Waals surface area contributed by atoms with Crippen LogP contribution in [0.25, 0.3) is 10.9 Å². The van der Waals surface area contributed by atoms with Gasteiger partial charge in [0.15, 0.2) is 0 Å². The molecule has 0 bridgehead atoms. The van der Waals surface area contributed by atoms with Gasteiger partial charge in [-0.25, -0.2) is 0 Å². The molecule has 2 aromatic rings. The Morgan fingerprint density at radius 1 is 1.26 bits per heavy atom. The second-order valence-corrected chi connectivity index (χ2v) is 6.30. The number of H-pyrrole nitrogens is 1. The summed E-state index contributed by atoms with van der Waals surface area (Å²) in [6.45, 7) is 2.26. The molecule has 2 heterocycles. The molecule has 0 radical (unpaired) electrons. The Morgan fingerprint density at radius 3 is 3.04 bits per heavy atom. The van der Waals surface area contributed by atoms with E-state index in [4.69, 9.17) is 9.47 Å². The summed E-state index contributed by atoms with van der Waals surface area (Å²) in [5.41, 5.74) is 4.38.